The maximum atomic E-state index is 12.6. The zero-order chi connectivity index (χ0) is 20.9. The van der Waals surface area contributed by atoms with Crippen LogP contribution in [0.3, 0.4) is 0 Å². The van der Waals surface area contributed by atoms with Gasteiger partial charge in [0.15, 0.2) is 0 Å². The van der Waals surface area contributed by atoms with Gasteiger partial charge >= 0.3 is 0 Å². The Kier molecular flexibility index (Phi) is 6.82. The molecule has 0 bridgehead atoms. The highest BCUT2D eigenvalue weighted by Crippen LogP contribution is 2.30. The summed E-state index contributed by atoms with van der Waals surface area (Å²) in [5.74, 6) is 0.246. The van der Waals surface area contributed by atoms with Crippen LogP contribution in [0.15, 0.2) is 30.3 Å². The van der Waals surface area contributed by atoms with E-state index in [0.717, 1.165) is 44.2 Å². The van der Waals surface area contributed by atoms with Gasteiger partial charge in [-0.05, 0) is 30.0 Å². The number of hydrogen-bond acceptors (Lipinski definition) is 6. The van der Waals surface area contributed by atoms with Crippen LogP contribution in [-0.2, 0) is 10.2 Å². The van der Waals surface area contributed by atoms with Crippen molar-refractivity contribution >= 4 is 17.5 Å². The predicted molar refractivity (Wildman–Crippen MR) is 115 cm³/mol. The Labute approximate surface area is 172 Å². The molecule has 0 aliphatic carbocycles. The number of ether oxygens (including phenoxy) is 1. The molecule has 0 radical (unpaired) electrons. The highest BCUT2D eigenvalue weighted by atomic mass is 16.5. The third-order valence-electron chi connectivity index (χ3n) is 4.89. The number of carbonyl (C=O) groups excluding carboxylic acids is 1. The summed E-state index contributed by atoms with van der Waals surface area (Å²) in [6, 6.07) is 9.82. The monoisotopic (exact) mass is 397 g/mol. The lowest BCUT2D eigenvalue weighted by Gasteiger charge is -2.26. The van der Waals surface area contributed by atoms with Crippen LogP contribution in [0.25, 0.3) is 0 Å². The average Bonchev–Trinajstić information content (AvgIpc) is 2.68. The molecule has 1 aromatic carbocycles. The Morgan fingerprint density at radius 2 is 1.90 bits per heavy atom. The molecule has 29 heavy (non-hydrogen) atoms. The molecular weight excluding hydrogens is 366 g/mol. The fourth-order valence-corrected chi connectivity index (χ4v) is 3.35. The van der Waals surface area contributed by atoms with Crippen molar-refractivity contribution in [2.24, 2.45) is 0 Å². The SMILES string of the molecule is Cc1cc(C(=O)NCCN2CCOCC2)nc(Nc2ccccc2C(C)(C)C)n1. The number of para-hydroxylation sites is 1. The van der Waals surface area contributed by atoms with E-state index in [9.17, 15) is 4.79 Å². The Morgan fingerprint density at radius 3 is 2.62 bits per heavy atom. The lowest BCUT2D eigenvalue weighted by Crippen LogP contribution is -2.41. The smallest absolute Gasteiger partial charge is 0.270 e. The van der Waals surface area contributed by atoms with Gasteiger partial charge in [0.05, 0.1) is 13.2 Å². The Balaban J connectivity index is 1.67. The molecule has 0 unspecified atom stereocenters. The molecule has 3 rings (SSSR count). The molecule has 2 heterocycles. The maximum absolute atomic E-state index is 12.6. The molecule has 7 heteroatoms. The zero-order valence-electron chi connectivity index (χ0n) is 17.8. The molecule has 0 saturated carbocycles. The first-order valence-electron chi connectivity index (χ1n) is 10.1. The van der Waals surface area contributed by atoms with Gasteiger partial charge in [-0.15, -0.1) is 0 Å². The number of aryl methyl sites for hydroxylation is 1. The van der Waals surface area contributed by atoms with Crippen LogP contribution in [0.2, 0.25) is 0 Å². The second-order valence-corrected chi connectivity index (χ2v) is 8.35. The van der Waals surface area contributed by atoms with Gasteiger partial charge in [-0.1, -0.05) is 39.0 Å². The predicted octanol–water partition coefficient (Wildman–Crippen LogP) is 2.89. The molecule has 1 aromatic heterocycles. The molecule has 7 nitrogen and oxygen atoms in total. The molecule has 1 aliphatic rings. The molecule has 0 spiro atoms. The van der Waals surface area contributed by atoms with Crippen molar-refractivity contribution in [3.8, 4) is 0 Å². The third-order valence-corrected chi connectivity index (χ3v) is 4.89. The van der Waals surface area contributed by atoms with Gasteiger partial charge in [0.25, 0.3) is 5.91 Å². The van der Waals surface area contributed by atoms with Crippen LogP contribution in [0.1, 0.15) is 42.5 Å². The lowest BCUT2D eigenvalue weighted by molar-refractivity contribution is 0.0383. The van der Waals surface area contributed by atoms with Crippen molar-refractivity contribution in [1.29, 1.82) is 0 Å². The van der Waals surface area contributed by atoms with Crippen molar-refractivity contribution < 1.29 is 9.53 Å². The third kappa shape index (κ3) is 5.98. The summed E-state index contributed by atoms with van der Waals surface area (Å²) in [7, 11) is 0. The van der Waals surface area contributed by atoms with Gasteiger partial charge < -0.3 is 15.4 Å². The molecule has 0 atom stereocenters. The summed E-state index contributed by atoms with van der Waals surface area (Å²) in [4.78, 5) is 23.8. The number of nitrogens with zero attached hydrogens (tertiary/aromatic N) is 3. The van der Waals surface area contributed by atoms with Gasteiger partial charge in [-0.25, -0.2) is 9.97 Å². The van der Waals surface area contributed by atoms with Crippen molar-refractivity contribution in [1.82, 2.24) is 20.2 Å². The van der Waals surface area contributed by atoms with Crippen LogP contribution in [0, 0.1) is 6.92 Å². The Hall–Kier alpha value is -2.51. The van der Waals surface area contributed by atoms with E-state index in [1.807, 2.05) is 25.1 Å². The molecular formula is C22H31N5O2. The van der Waals surface area contributed by atoms with Crippen LogP contribution >= 0.6 is 0 Å². The van der Waals surface area contributed by atoms with E-state index in [1.54, 1.807) is 6.07 Å². The Bertz CT molecular complexity index is 841. The first kappa shape index (κ1) is 21.2. The van der Waals surface area contributed by atoms with E-state index in [4.69, 9.17) is 4.74 Å². The number of amides is 1. The minimum atomic E-state index is -0.184. The minimum Gasteiger partial charge on any atom is -0.379 e. The molecule has 2 aromatic rings. The molecule has 1 amide bonds. The van der Waals surface area contributed by atoms with Crippen LogP contribution in [0.4, 0.5) is 11.6 Å². The number of benzene rings is 1. The normalized spacial score (nSPS) is 15.2. The fourth-order valence-electron chi connectivity index (χ4n) is 3.35. The zero-order valence-corrected chi connectivity index (χ0v) is 17.8. The van der Waals surface area contributed by atoms with Gasteiger partial charge in [-0.3, -0.25) is 9.69 Å². The van der Waals surface area contributed by atoms with Crippen LogP contribution in [-0.4, -0.2) is 60.2 Å². The second kappa shape index (κ2) is 9.33. The number of anilines is 2. The lowest BCUT2D eigenvalue weighted by atomic mass is 9.86. The summed E-state index contributed by atoms with van der Waals surface area (Å²) >= 11 is 0. The summed E-state index contributed by atoms with van der Waals surface area (Å²) < 4.78 is 5.35. The van der Waals surface area contributed by atoms with E-state index >= 15 is 0 Å². The Morgan fingerprint density at radius 1 is 1.17 bits per heavy atom. The maximum Gasteiger partial charge on any atom is 0.270 e. The van der Waals surface area contributed by atoms with Gasteiger partial charge in [0.2, 0.25) is 5.95 Å². The van der Waals surface area contributed by atoms with Crippen LogP contribution < -0.4 is 10.6 Å². The number of hydrogen-bond donors (Lipinski definition) is 2. The number of aromatic nitrogens is 2. The summed E-state index contributed by atoms with van der Waals surface area (Å²) in [5, 5.41) is 6.26. The van der Waals surface area contributed by atoms with Crippen molar-refractivity contribution in [3.05, 3.63) is 47.3 Å². The largest absolute Gasteiger partial charge is 0.379 e. The van der Waals surface area contributed by atoms with Crippen molar-refractivity contribution in [2.75, 3.05) is 44.7 Å². The van der Waals surface area contributed by atoms with Crippen molar-refractivity contribution in [3.63, 3.8) is 0 Å². The summed E-state index contributed by atoms with van der Waals surface area (Å²) in [5.41, 5.74) is 3.21. The number of carbonyl (C=O) groups is 1. The van der Waals surface area contributed by atoms with E-state index in [2.05, 4.69) is 52.3 Å². The summed E-state index contributed by atoms with van der Waals surface area (Å²) in [6.07, 6.45) is 0. The molecule has 1 saturated heterocycles. The quantitative estimate of drug-likeness (QED) is 0.780. The molecule has 1 fully saturated rings. The topological polar surface area (TPSA) is 79.4 Å². The van der Waals surface area contributed by atoms with E-state index < -0.39 is 0 Å². The average molecular weight is 398 g/mol. The fraction of sp³-hybridized carbons (Fsp3) is 0.500. The molecule has 1 aliphatic heterocycles. The van der Waals surface area contributed by atoms with Gasteiger partial charge in [0.1, 0.15) is 5.69 Å². The highest BCUT2D eigenvalue weighted by Gasteiger charge is 2.19. The highest BCUT2D eigenvalue weighted by molar-refractivity contribution is 5.92. The standard InChI is InChI=1S/C22H31N5O2/c1-16-15-19(20(28)23-9-10-27-11-13-29-14-12-27)26-21(24-16)25-18-8-6-5-7-17(18)22(2,3)4/h5-8,15H,9-14H2,1-4H3,(H,23,28)(H,24,25,26). The van der Waals surface area contributed by atoms with Crippen molar-refractivity contribution in [2.45, 2.75) is 33.1 Å². The number of nitrogens with one attached hydrogen (secondary N) is 2. The summed E-state index contributed by atoms with van der Waals surface area (Å²) in [6.45, 7) is 13.1. The number of morpholine rings is 1. The molecule has 156 valence electrons. The van der Waals surface area contributed by atoms with E-state index in [-0.39, 0.29) is 11.3 Å². The first-order valence-corrected chi connectivity index (χ1v) is 10.1. The van der Waals surface area contributed by atoms with Gasteiger partial charge in [-0.2, -0.15) is 0 Å². The first-order chi connectivity index (χ1) is 13.8. The second-order valence-electron chi connectivity index (χ2n) is 8.35. The van der Waals surface area contributed by atoms with E-state index in [0.29, 0.717) is 18.2 Å². The van der Waals surface area contributed by atoms with E-state index in [1.165, 1.54) is 5.56 Å². The van der Waals surface area contributed by atoms with Crippen LogP contribution in [0.5, 0.6) is 0 Å². The molecule has 2 N–H and O–H groups in total. The number of rotatable bonds is 6. The van der Waals surface area contributed by atoms with Gasteiger partial charge in [0, 0.05) is 37.6 Å². The minimum absolute atomic E-state index is 0.0207.